The van der Waals surface area contributed by atoms with E-state index in [-0.39, 0.29) is 17.9 Å². The molecular formula is C16H13FN2O2. The van der Waals surface area contributed by atoms with E-state index in [1.165, 1.54) is 24.5 Å². The predicted molar refractivity (Wildman–Crippen MR) is 75.3 cm³/mol. The van der Waals surface area contributed by atoms with E-state index in [2.05, 4.69) is 5.32 Å². The third-order valence-electron chi connectivity index (χ3n) is 2.86. The summed E-state index contributed by atoms with van der Waals surface area (Å²) in [6.45, 7) is 1.82. The molecule has 0 aliphatic carbocycles. The Kier molecular flexibility index (Phi) is 4.52. The van der Waals surface area contributed by atoms with Crippen molar-refractivity contribution in [3.05, 3.63) is 64.9 Å². The zero-order valence-corrected chi connectivity index (χ0v) is 11.4. The lowest BCUT2D eigenvalue weighted by Crippen LogP contribution is -2.23. The molecule has 1 amide bonds. The Morgan fingerprint density at radius 1 is 1.48 bits per heavy atom. The van der Waals surface area contributed by atoms with Crippen molar-refractivity contribution in [1.82, 2.24) is 5.32 Å². The first kappa shape index (κ1) is 14.5. The van der Waals surface area contributed by atoms with Gasteiger partial charge < -0.3 is 9.73 Å². The Morgan fingerprint density at radius 3 is 2.90 bits per heavy atom. The van der Waals surface area contributed by atoms with Gasteiger partial charge in [0.15, 0.2) is 0 Å². The average Bonchev–Trinajstić information content (AvgIpc) is 2.99. The molecular weight excluding hydrogens is 271 g/mol. The highest BCUT2D eigenvalue weighted by molar-refractivity contribution is 6.01. The normalized spacial score (nSPS) is 11.0. The fourth-order valence-corrected chi connectivity index (χ4v) is 1.75. The second kappa shape index (κ2) is 6.53. The Morgan fingerprint density at radius 2 is 2.29 bits per heavy atom. The first-order chi connectivity index (χ1) is 10.1. The molecule has 0 unspecified atom stereocenters. The minimum Gasteiger partial charge on any atom is -0.467 e. The molecule has 1 heterocycles. The van der Waals surface area contributed by atoms with Gasteiger partial charge in [-0.1, -0.05) is 6.07 Å². The molecule has 0 aliphatic rings. The summed E-state index contributed by atoms with van der Waals surface area (Å²) in [6, 6.07) is 9.66. The van der Waals surface area contributed by atoms with Crippen LogP contribution in [0.4, 0.5) is 4.39 Å². The Balaban J connectivity index is 2.10. The quantitative estimate of drug-likeness (QED) is 0.693. The number of hydrogen-bond donors (Lipinski definition) is 1. The number of halogens is 1. The van der Waals surface area contributed by atoms with Crippen molar-refractivity contribution in [2.45, 2.75) is 13.5 Å². The molecule has 2 rings (SSSR count). The van der Waals surface area contributed by atoms with E-state index in [0.29, 0.717) is 16.9 Å². The van der Waals surface area contributed by atoms with Crippen LogP contribution in [0.25, 0.3) is 6.08 Å². The lowest BCUT2D eigenvalue weighted by atomic mass is 10.1. The average molecular weight is 284 g/mol. The summed E-state index contributed by atoms with van der Waals surface area (Å²) in [5.41, 5.74) is 1.00. The highest BCUT2D eigenvalue weighted by Crippen LogP contribution is 2.12. The van der Waals surface area contributed by atoms with Crippen molar-refractivity contribution < 1.29 is 13.6 Å². The number of rotatable bonds is 4. The van der Waals surface area contributed by atoms with Crippen LogP contribution in [0, 0.1) is 24.1 Å². The molecule has 4 nitrogen and oxygen atoms in total. The maximum absolute atomic E-state index is 13.2. The van der Waals surface area contributed by atoms with Gasteiger partial charge in [0.2, 0.25) is 0 Å². The Hall–Kier alpha value is -2.87. The van der Waals surface area contributed by atoms with Gasteiger partial charge in [-0.15, -0.1) is 0 Å². The van der Waals surface area contributed by atoms with Gasteiger partial charge in [-0.3, -0.25) is 4.79 Å². The van der Waals surface area contributed by atoms with Crippen molar-refractivity contribution in [3.63, 3.8) is 0 Å². The van der Waals surface area contributed by atoms with Crippen molar-refractivity contribution >= 4 is 12.0 Å². The third-order valence-corrected chi connectivity index (χ3v) is 2.86. The van der Waals surface area contributed by atoms with Gasteiger partial charge in [0.1, 0.15) is 23.2 Å². The first-order valence-corrected chi connectivity index (χ1v) is 6.28. The molecule has 0 bridgehead atoms. The van der Waals surface area contributed by atoms with Crippen LogP contribution in [0.3, 0.4) is 0 Å². The second-order valence-electron chi connectivity index (χ2n) is 4.44. The fraction of sp³-hybridized carbons (Fsp3) is 0.125. The molecule has 1 aromatic carbocycles. The molecule has 0 atom stereocenters. The summed E-state index contributed by atoms with van der Waals surface area (Å²) < 4.78 is 18.3. The summed E-state index contributed by atoms with van der Waals surface area (Å²) in [5.74, 6) is -0.234. The largest absolute Gasteiger partial charge is 0.467 e. The highest BCUT2D eigenvalue weighted by atomic mass is 19.1. The van der Waals surface area contributed by atoms with Crippen LogP contribution in [0.5, 0.6) is 0 Å². The number of nitriles is 1. The summed E-state index contributed by atoms with van der Waals surface area (Å²) in [7, 11) is 0. The van der Waals surface area contributed by atoms with Gasteiger partial charge in [0, 0.05) is 0 Å². The van der Waals surface area contributed by atoms with Crippen LogP contribution < -0.4 is 5.32 Å². The van der Waals surface area contributed by atoms with Crippen LogP contribution in [-0.4, -0.2) is 5.91 Å². The van der Waals surface area contributed by atoms with Crippen molar-refractivity contribution in [1.29, 1.82) is 5.26 Å². The van der Waals surface area contributed by atoms with E-state index in [0.717, 1.165) is 0 Å². The molecule has 0 spiro atoms. The summed E-state index contributed by atoms with van der Waals surface area (Å²) >= 11 is 0. The molecule has 0 saturated carbocycles. The number of aryl methyl sites for hydroxylation is 1. The maximum atomic E-state index is 13.2. The number of carbonyl (C=O) groups excluding carboxylic acids is 1. The van der Waals surface area contributed by atoms with E-state index in [9.17, 15) is 9.18 Å². The van der Waals surface area contributed by atoms with Crippen LogP contribution >= 0.6 is 0 Å². The van der Waals surface area contributed by atoms with Crippen LogP contribution in [-0.2, 0) is 11.3 Å². The molecule has 0 fully saturated rings. The molecule has 0 radical (unpaired) electrons. The standard InChI is InChI=1S/C16H13FN2O2/c1-11-7-12(4-5-15(11)17)8-13(9-18)16(20)19-10-14-3-2-6-21-14/h2-8H,10H2,1H3,(H,19,20)/b13-8-. The van der Waals surface area contributed by atoms with Crippen molar-refractivity contribution in [2.24, 2.45) is 0 Å². The topological polar surface area (TPSA) is 66.0 Å². The molecule has 0 aliphatic heterocycles. The number of hydrogen-bond acceptors (Lipinski definition) is 3. The van der Waals surface area contributed by atoms with Gasteiger partial charge >= 0.3 is 0 Å². The molecule has 0 saturated heterocycles. The number of nitrogens with one attached hydrogen (secondary N) is 1. The minimum absolute atomic E-state index is 0.0486. The number of nitrogens with zero attached hydrogens (tertiary/aromatic N) is 1. The number of amides is 1. The van der Waals surface area contributed by atoms with Crippen LogP contribution in [0.2, 0.25) is 0 Å². The number of carbonyl (C=O) groups is 1. The highest BCUT2D eigenvalue weighted by Gasteiger charge is 2.09. The van der Waals surface area contributed by atoms with E-state index in [4.69, 9.17) is 9.68 Å². The van der Waals surface area contributed by atoms with E-state index in [1.54, 1.807) is 25.1 Å². The Labute approximate surface area is 121 Å². The van der Waals surface area contributed by atoms with Crippen molar-refractivity contribution in [3.8, 4) is 6.07 Å². The lowest BCUT2D eigenvalue weighted by Gasteiger charge is -2.03. The third kappa shape index (κ3) is 3.80. The monoisotopic (exact) mass is 284 g/mol. The van der Waals surface area contributed by atoms with E-state index in [1.807, 2.05) is 6.07 Å². The molecule has 1 N–H and O–H groups in total. The summed E-state index contributed by atoms with van der Waals surface area (Å²) in [6.07, 6.45) is 2.92. The zero-order chi connectivity index (χ0) is 15.2. The molecule has 21 heavy (non-hydrogen) atoms. The van der Waals surface area contributed by atoms with Gasteiger partial charge in [-0.05, 0) is 48.4 Å². The molecule has 1 aromatic heterocycles. The number of benzene rings is 1. The van der Waals surface area contributed by atoms with Gasteiger partial charge in [-0.2, -0.15) is 5.26 Å². The fourth-order valence-electron chi connectivity index (χ4n) is 1.75. The predicted octanol–water partition coefficient (Wildman–Crippen LogP) is 2.95. The number of furan rings is 1. The second-order valence-corrected chi connectivity index (χ2v) is 4.44. The lowest BCUT2D eigenvalue weighted by molar-refractivity contribution is -0.117. The Bertz CT molecular complexity index is 712. The molecule has 5 heteroatoms. The van der Waals surface area contributed by atoms with E-state index >= 15 is 0 Å². The van der Waals surface area contributed by atoms with Gasteiger partial charge in [0.05, 0.1) is 12.8 Å². The SMILES string of the molecule is Cc1cc(/C=C(/C#N)C(=O)NCc2ccco2)ccc1F. The van der Waals surface area contributed by atoms with Gasteiger partial charge in [0.25, 0.3) is 5.91 Å². The van der Waals surface area contributed by atoms with Crippen molar-refractivity contribution in [2.75, 3.05) is 0 Å². The summed E-state index contributed by atoms with van der Waals surface area (Å²) in [5, 5.41) is 11.6. The smallest absolute Gasteiger partial charge is 0.262 e. The van der Waals surface area contributed by atoms with Crippen LogP contribution in [0.15, 0.2) is 46.6 Å². The first-order valence-electron chi connectivity index (χ1n) is 6.28. The van der Waals surface area contributed by atoms with E-state index < -0.39 is 5.91 Å². The zero-order valence-electron chi connectivity index (χ0n) is 11.4. The minimum atomic E-state index is -0.504. The van der Waals surface area contributed by atoms with Crippen LogP contribution in [0.1, 0.15) is 16.9 Å². The molecule has 2 aromatic rings. The maximum Gasteiger partial charge on any atom is 0.262 e. The summed E-state index contributed by atoms with van der Waals surface area (Å²) in [4.78, 5) is 11.9. The van der Waals surface area contributed by atoms with Gasteiger partial charge in [-0.25, -0.2) is 4.39 Å². The molecule has 106 valence electrons.